The molecular formula is C23H23N3O2S2. The van der Waals surface area contributed by atoms with Gasteiger partial charge in [-0.25, -0.2) is 4.98 Å². The van der Waals surface area contributed by atoms with Crippen molar-refractivity contribution < 1.29 is 4.74 Å². The number of benzene rings is 1. The lowest BCUT2D eigenvalue weighted by Crippen LogP contribution is -2.38. The molecule has 7 heteroatoms. The number of morpholine rings is 1. The first-order valence-electron chi connectivity index (χ1n) is 10.1. The molecule has 4 heterocycles. The van der Waals surface area contributed by atoms with Gasteiger partial charge in [-0.15, -0.1) is 22.7 Å². The Balaban J connectivity index is 1.64. The van der Waals surface area contributed by atoms with Crippen LogP contribution in [-0.4, -0.2) is 40.8 Å². The van der Waals surface area contributed by atoms with Crippen molar-refractivity contribution in [1.29, 1.82) is 0 Å². The first-order chi connectivity index (χ1) is 14.7. The van der Waals surface area contributed by atoms with E-state index in [1.165, 1.54) is 5.56 Å². The molecule has 0 amide bonds. The van der Waals surface area contributed by atoms with Crippen molar-refractivity contribution in [2.75, 3.05) is 26.3 Å². The Morgan fingerprint density at radius 2 is 1.97 bits per heavy atom. The Morgan fingerprint density at radius 1 is 1.10 bits per heavy atom. The maximum atomic E-state index is 13.7. The highest BCUT2D eigenvalue weighted by Gasteiger charge is 2.20. The summed E-state index contributed by atoms with van der Waals surface area (Å²) in [6.45, 7) is 6.45. The minimum Gasteiger partial charge on any atom is -0.379 e. The third-order valence-electron chi connectivity index (χ3n) is 5.45. The number of fused-ring (bicyclic) bond motifs is 1. The van der Waals surface area contributed by atoms with Gasteiger partial charge in [-0.3, -0.25) is 14.3 Å². The number of hydrogen-bond acceptors (Lipinski definition) is 6. The summed E-state index contributed by atoms with van der Waals surface area (Å²) in [5.74, 6) is 0.829. The summed E-state index contributed by atoms with van der Waals surface area (Å²) in [4.78, 5) is 23.0. The average molecular weight is 438 g/mol. The van der Waals surface area contributed by atoms with Crippen LogP contribution in [0.5, 0.6) is 0 Å². The fraction of sp³-hybridized carbons (Fsp3) is 0.304. The summed E-state index contributed by atoms with van der Waals surface area (Å²) >= 11 is 3.22. The van der Waals surface area contributed by atoms with Crippen LogP contribution in [0.15, 0.2) is 52.0 Å². The molecule has 154 valence electrons. The van der Waals surface area contributed by atoms with E-state index in [9.17, 15) is 4.79 Å². The molecule has 1 aromatic carbocycles. The van der Waals surface area contributed by atoms with Gasteiger partial charge in [0.1, 0.15) is 10.7 Å². The lowest BCUT2D eigenvalue weighted by atomic mass is 10.1. The minimum atomic E-state index is 0.0504. The topological polar surface area (TPSA) is 47.4 Å². The van der Waals surface area contributed by atoms with E-state index in [4.69, 9.17) is 9.72 Å². The Bertz CT molecular complexity index is 1220. The predicted molar refractivity (Wildman–Crippen MR) is 124 cm³/mol. The SMILES string of the molecule is Cc1cccc(Cn2c(CN3CCOCC3)nc3scc(-c4cccs4)c3c2=O)c1. The second-order valence-electron chi connectivity index (χ2n) is 7.60. The van der Waals surface area contributed by atoms with Crippen LogP contribution in [-0.2, 0) is 17.8 Å². The summed E-state index contributed by atoms with van der Waals surface area (Å²) in [5.41, 5.74) is 3.36. The van der Waals surface area contributed by atoms with Crippen LogP contribution in [0, 0.1) is 6.92 Å². The second-order valence-corrected chi connectivity index (χ2v) is 9.41. The van der Waals surface area contributed by atoms with Crippen LogP contribution < -0.4 is 5.56 Å². The van der Waals surface area contributed by atoms with Gasteiger partial charge in [0.2, 0.25) is 0 Å². The molecule has 0 saturated carbocycles. The third-order valence-corrected chi connectivity index (χ3v) is 7.23. The molecule has 0 spiro atoms. The molecule has 5 rings (SSSR count). The van der Waals surface area contributed by atoms with Crippen LogP contribution in [0.1, 0.15) is 17.0 Å². The molecule has 0 bridgehead atoms. The van der Waals surface area contributed by atoms with Crippen LogP contribution >= 0.6 is 22.7 Å². The Labute approximate surface area is 183 Å². The summed E-state index contributed by atoms with van der Waals surface area (Å²) in [5, 5.41) is 4.85. The van der Waals surface area contributed by atoms with E-state index in [1.54, 1.807) is 22.7 Å². The molecule has 4 aromatic rings. The number of aryl methyl sites for hydroxylation is 1. The predicted octanol–water partition coefficient (Wildman–Crippen LogP) is 4.38. The normalized spacial score (nSPS) is 15.1. The molecule has 1 aliphatic heterocycles. The van der Waals surface area contributed by atoms with Gasteiger partial charge >= 0.3 is 0 Å². The first-order valence-corrected chi connectivity index (χ1v) is 11.9. The van der Waals surface area contributed by atoms with E-state index in [1.807, 2.05) is 22.1 Å². The molecule has 3 aromatic heterocycles. The lowest BCUT2D eigenvalue weighted by molar-refractivity contribution is 0.0325. The minimum absolute atomic E-state index is 0.0504. The van der Waals surface area contributed by atoms with Crippen LogP contribution in [0.2, 0.25) is 0 Å². The van der Waals surface area contributed by atoms with Gasteiger partial charge in [0, 0.05) is 28.9 Å². The van der Waals surface area contributed by atoms with Crippen molar-refractivity contribution in [2.24, 2.45) is 0 Å². The molecule has 0 N–H and O–H groups in total. The molecule has 5 nitrogen and oxygen atoms in total. The Morgan fingerprint density at radius 3 is 2.73 bits per heavy atom. The van der Waals surface area contributed by atoms with Crippen molar-refractivity contribution in [3.05, 3.63) is 74.5 Å². The number of thiophene rings is 2. The highest BCUT2D eigenvalue weighted by molar-refractivity contribution is 7.18. The number of rotatable bonds is 5. The fourth-order valence-electron chi connectivity index (χ4n) is 3.92. The van der Waals surface area contributed by atoms with E-state index in [-0.39, 0.29) is 5.56 Å². The van der Waals surface area contributed by atoms with Crippen molar-refractivity contribution >= 4 is 32.9 Å². The van der Waals surface area contributed by atoms with E-state index < -0.39 is 0 Å². The molecule has 0 radical (unpaired) electrons. The quantitative estimate of drug-likeness (QED) is 0.465. The van der Waals surface area contributed by atoms with Crippen molar-refractivity contribution in [3.63, 3.8) is 0 Å². The molecule has 1 fully saturated rings. The molecule has 0 unspecified atom stereocenters. The molecule has 1 aliphatic rings. The van der Waals surface area contributed by atoms with E-state index >= 15 is 0 Å². The first kappa shape index (κ1) is 19.6. The zero-order valence-corrected chi connectivity index (χ0v) is 18.5. The Hall–Kier alpha value is -2.32. The summed E-state index contributed by atoms with van der Waals surface area (Å²) in [6, 6.07) is 12.4. The lowest BCUT2D eigenvalue weighted by Gasteiger charge is -2.27. The number of hydrogen-bond donors (Lipinski definition) is 0. The van der Waals surface area contributed by atoms with Crippen molar-refractivity contribution in [2.45, 2.75) is 20.0 Å². The molecular weight excluding hydrogens is 414 g/mol. The molecule has 0 aliphatic carbocycles. The van der Waals surface area contributed by atoms with E-state index in [0.29, 0.717) is 13.1 Å². The van der Waals surface area contributed by atoms with Gasteiger partial charge in [-0.05, 0) is 23.9 Å². The standard InChI is InChI=1S/C23H23N3O2S2/c1-16-4-2-5-17(12-16)13-26-20(14-25-7-9-28-10-8-25)24-22-21(23(26)27)18(15-30-22)19-6-3-11-29-19/h2-6,11-12,15H,7-10,13-14H2,1H3. The molecule has 30 heavy (non-hydrogen) atoms. The Kier molecular flexibility index (Phi) is 5.52. The van der Waals surface area contributed by atoms with Crippen molar-refractivity contribution in [3.8, 4) is 10.4 Å². The average Bonchev–Trinajstić information content (AvgIpc) is 3.41. The largest absolute Gasteiger partial charge is 0.379 e. The van der Waals surface area contributed by atoms with Crippen LogP contribution in [0.3, 0.4) is 0 Å². The van der Waals surface area contributed by atoms with Crippen LogP contribution in [0.25, 0.3) is 20.7 Å². The summed E-state index contributed by atoms with van der Waals surface area (Å²) < 4.78 is 7.36. The summed E-state index contributed by atoms with van der Waals surface area (Å²) in [7, 11) is 0. The van der Waals surface area contributed by atoms with Gasteiger partial charge < -0.3 is 4.74 Å². The van der Waals surface area contributed by atoms with Gasteiger partial charge in [-0.1, -0.05) is 35.9 Å². The van der Waals surface area contributed by atoms with Crippen LogP contribution in [0.4, 0.5) is 0 Å². The van der Waals surface area contributed by atoms with Gasteiger partial charge in [0.05, 0.1) is 31.7 Å². The van der Waals surface area contributed by atoms with Gasteiger partial charge in [0.15, 0.2) is 0 Å². The molecule has 0 atom stereocenters. The fourth-order valence-corrected chi connectivity index (χ4v) is 5.69. The maximum absolute atomic E-state index is 13.7. The van der Waals surface area contributed by atoms with E-state index in [0.717, 1.165) is 58.3 Å². The number of nitrogens with zero attached hydrogens (tertiary/aromatic N) is 3. The summed E-state index contributed by atoms with van der Waals surface area (Å²) in [6.07, 6.45) is 0. The molecule has 1 saturated heterocycles. The second kappa shape index (κ2) is 8.43. The third kappa shape index (κ3) is 3.86. The van der Waals surface area contributed by atoms with Crippen molar-refractivity contribution in [1.82, 2.24) is 14.5 Å². The van der Waals surface area contributed by atoms with Gasteiger partial charge in [0.25, 0.3) is 5.56 Å². The highest BCUT2D eigenvalue weighted by Crippen LogP contribution is 2.34. The zero-order valence-electron chi connectivity index (χ0n) is 16.8. The zero-order chi connectivity index (χ0) is 20.5. The van der Waals surface area contributed by atoms with E-state index in [2.05, 4.69) is 41.5 Å². The highest BCUT2D eigenvalue weighted by atomic mass is 32.1. The monoisotopic (exact) mass is 437 g/mol. The number of ether oxygens (including phenoxy) is 1. The maximum Gasteiger partial charge on any atom is 0.263 e. The van der Waals surface area contributed by atoms with Gasteiger partial charge in [-0.2, -0.15) is 0 Å². The number of aromatic nitrogens is 2. The smallest absolute Gasteiger partial charge is 0.263 e.